The molecule has 25 heavy (non-hydrogen) atoms. The first-order valence-electron chi connectivity index (χ1n) is 8.34. The van der Waals surface area contributed by atoms with Crippen molar-refractivity contribution in [2.24, 2.45) is 0 Å². The lowest BCUT2D eigenvalue weighted by Crippen LogP contribution is -2.38. The van der Waals surface area contributed by atoms with E-state index in [1.165, 1.54) is 0 Å². The summed E-state index contributed by atoms with van der Waals surface area (Å²) in [4.78, 5) is 12.5. The van der Waals surface area contributed by atoms with Crippen LogP contribution >= 0.6 is 11.6 Å². The highest BCUT2D eigenvalue weighted by Crippen LogP contribution is 2.24. The second-order valence-corrected chi connectivity index (χ2v) is 6.27. The fourth-order valence-electron chi connectivity index (χ4n) is 2.44. The minimum atomic E-state index is -0.572. The first-order chi connectivity index (χ1) is 12.0. The lowest BCUT2D eigenvalue weighted by molar-refractivity contribution is -0.128. The SMILES string of the molecule is CCCC(Oc1ccc(C(C)=N)c(Cl)c1)C(=O)NCc1ccccc1. The summed E-state index contributed by atoms with van der Waals surface area (Å²) in [5.74, 6) is 0.387. The largest absolute Gasteiger partial charge is 0.481 e. The topological polar surface area (TPSA) is 62.2 Å². The summed E-state index contributed by atoms with van der Waals surface area (Å²) in [5, 5.41) is 11.0. The second kappa shape index (κ2) is 9.23. The number of nitrogens with one attached hydrogen (secondary N) is 2. The molecule has 0 aliphatic carbocycles. The second-order valence-electron chi connectivity index (χ2n) is 5.87. The van der Waals surface area contributed by atoms with Gasteiger partial charge in [0, 0.05) is 17.8 Å². The van der Waals surface area contributed by atoms with Crippen molar-refractivity contribution in [1.29, 1.82) is 5.41 Å². The average Bonchev–Trinajstić information content (AvgIpc) is 2.60. The number of hydrogen-bond donors (Lipinski definition) is 2. The van der Waals surface area contributed by atoms with Crippen LogP contribution in [0.25, 0.3) is 0 Å². The zero-order chi connectivity index (χ0) is 18.2. The summed E-state index contributed by atoms with van der Waals surface area (Å²) >= 11 is 6.18. The van der Waals surface area contributed by atoms with Gasteiger partial charge in [0.15, 0.2) is 6.10 Å². The summed E-state index contributed by atoms with van der Waals surface area (Å²) in [6.45, 7) is 4.16. The Morgan fingerprint density at radius 3 is 2.56 bits per heavy atom. The molecule has 0 bridgehead atoms. The zero-order valence-electron chi connectivity index (χ0n) is 14.5. The fourth-order valence-corrected chi connectivity index (χ4v) is 2.75. The van der Waals surface area contributed by atoms with Gasteiger partial charge < -0.3 is 15.5 Å². The van der Waals surface area contributed by atoms with Crippen LogP contribution in [0.2, 0.25) is 5.02 Å². The average molecular weight is 359 g/mol. The number of carbonyl (C=O) groups excluding carboxylic acids is 1. The molecule has 0 aliphatic heterocycles. The summed E-state index contributed by atoms with van der Waals surface area (Å²) in [6, 6.07) is 14.9. The highest BCUT2D eigenvalue weighted by Gasteiger charge is 2.19. The Kier molecular flexibility index (Phi) is 7.02. The Bertz CT molecular complexity index is 732. The first kappa shape index (κ1) is 19.0. The van der Waals surface area contributed by atoms with Crippen LogP contribution in [-0.4, -0.2) is 17.7 Å². The maximum Gasteiger partial charge on any atom is 0.261 e. The number of amides is 1. The third kappa shape index (κ3) is 5.61. The molecule has 132 valence electrons. The Morgan fingerprint density at radius 1 is 1.24 bits per heavy atom. The van der Waals surface area contributed by atoms with Gasteiger partial charge in [-0.05, 0) is 37.1 Å². The van der Waals surface area contributed by atoms with E-state index in [9.17, 15) is 4.79 Å². The standard InChI is InChI=1S/C20H23ClN2O2/c1-3-7-19(20(24)23-13-15-8-5-4-6-9-15)25-16-10-11-17(14(2)22)18(21)12-16/h4-6,8-12,19,22H,3,7,13H2,1-2H3,(H,23,24). The molecule has 0 aromatic heterocycles. The zero-order valence-corrected chi connectivity index (χ0v) is 15.3. The summed E-state index contributed by atoms with van der Waals surface area (Å²) in [7, 11) is 0. The third-order valence-electron chi connectivity index (χ3n) is 3.78. The number of halogens is 1. The number of ether oxygens (including phenoxy) is 1. The predicted molar refractivity (Wildman–Crippen MR) is 102 cm³/mol. The van der Waals surface area contributed by atoms with Crippen molar-refractivity contribution < 1.29 is 9.53 Å². The van der Waals surface area contributed by atoms with Gasteiger partial charge in [0.2, 0.25) is 0 Å². The maximum atomic E-state index is 12.5. The Labute approximate surface area is 153 Å². The van der Waals surface area contributed by atoms with E-state index in [1.807, 2.05) is 37.3 Å². The van der Waals surface area contributed by atoms with Gasteiger partial charge in [-0.25, -0.2) is 0 Å². The van der Waals surface area contributed by atoms with Crippen LogP contribution in [0.3, 0.4) is 0 Å². The molecule has 2 aromatic carbocycles. The van der Waals surface area contributed by atoms with Crippen molar-refractivity contribution in [3.05, 3.63) is 64.7 Å². The highest BCUT2D eigenvalue weighted by atomic mass is 35.5. The molecular formula is C20H23ClN2O2. The molecule has 1 atom stereocenters. The van der Waals surface area contributed by atoms with Gasteiger partial charge in [-0.3, -0.25) is 4.79 Å². The van der Waals surface area contributed by atoms with Crippen molar-refractivity contribution in [3.8, 4) is 5.75 Å². The maximum absolute atomic E-state index is 12.5. The van der Waals surface area contributed by atoms with Gasteiger partial charge in [0.05, 0.1) is 5.02 Å². The number of hydrogen-bond acceptors (Lipinski definition) is 3. The van der Waals surface area contributed by atoms with Crippen molar-refractivity contribution >= 4 is 23.2 Å². The molecule has 2 N–H and O–H groups in total. The van der Waals surface area contributed by atoms with E-state index in [4.69, 9.17) is 21.7 Å². The molecular weight excluding hydrogens is 336 g/mol. The molecule has 0 aliphatic rings. The van der Waals surface area contributed by atoms with Crippen LogP contribution in [-0.2, 0) is 11.3 Å². The summed E-state index contributed by atoms with van der Waals surface area (Å²) in [6.07, 6.45) is 0.870. The molecule has 2 aromatic rings. The van der Waals surface area contributed by atoms with E-state index in [-0.39, 0.29) is 5.91 Å². The lowest BCUT2D eigenvalue weighted by atomic mass is 10.1. The summed E-state index contributed by atoms with van der Waals surface area (Å²) < 4.78 is 5.85. The number of carbonyl (C=O) groups is 1. The molecule has 2 rings (SSSR count). The quantitative estimate of drug-likeness (QED) is 0.678. The minimum Gasteiger partial charge on any atom is -0.481 e. The lowest BCUT2D eigenvalue weighted by Gasteiger charge is -2.19. The van der Waals surface area contributed by atoms with Crippen LogP contribution in [0.5, 0.6) is 5.75 Å². The Hall–Kier alpha value is -2.33. The van der Waals surface area contributed by atoms with Crippen molar-refractivity contribution in [1.82, 2.24) is 5.32 Å². The molecule has 0 saturated carbocycles. The van der Waals surface area contributed by atoms with Crippen LogP contribution in [0.4, 0.5) is 0 Å². The van der Waals surface area contributed by atoms with Gasteiger partial charge in [-0.1, -0.05) is 55.3 Å². The van der Waals surface area contributed by atoms with Crippen molar-refractivity contribution in [2.75, 3.05) is 0 Å². The van der Waals surface area contributed by atoms with Crippen LogP contribution in [0.1, 0.15) is 37.8 Å². The Morgan fingerprint density at radius 2 is 1.96 bits per heavy atom. The number of benzene rings is 2. The van der Waals surface area contributed by atoms with Crippen LogP contribution in [0, 0.1) is 5.41 Å². The third-order valence-corrected chi connectivity index (χ3v) is 4.09. The molecule has 0 fully saturated rings. The fraction of sp³-hybridized carbons (Fsp3) is 0.300. The highest BCUT2D eigenvalue weighted by molar-refractivity contribution is 6.34. The smallest absolute Gasteiger partial charge is 0.261 e. The molecule has 0 heterocycles. The van der Waals surface area contributed by atoms with E-state index < -0.39 is 6.10 Å². The molecule has 1 unspecified atom stereocenters. The molecule has 5 heteroatoms. The monoisotopic (exact) mass is 358 g/mol. The van der Waals surface area contributed by atoms with Gasteiger partial charge >= 0.3 is 0 Å². The van der Waals surface area contributed by atoms with E-state index >= 15 is 0 Å². The van der Waals surface area contributed by atoms with E-state index in [0.717, 1.165) is 12.0 Å². The summed E-state index contributed by atoms with van der Waals surface area (Å²) in [5.41, 5.74) is 2.09. The van der Waals surface area contributed by atoms with Gasteiger partial charge in [-0.15, -0.1) is 0 Å². The van der Waals surface area contributed by atoms with Crippen LogP contribution < -0.4 is 10.1 Å². The van der Waals surface area contributed by atoms with Crippen molar-refractivity contribution in [2.45, 2.75) is 39.3 Å². The number of rotatable bonds is 8. The predicted octanol–water partition coefficient (Wildman–Crippen LogP) is 4.59. The molecule has 0 saturated heterocycles. The van der Waals surface area contributed by atoms with Gasteiger partial charge in [0.25, 0.3) is 5.91 Å². The Balaban J connectivity index is 2.03. The molecule has 4 nitrogen and oxygen atoms in total. The molecule has 0 spiro atoms. The first-order valence-corrected chi connectivity index (χ1v) is 8.72. The van der Waals surface area contributed by atoms with Gasteiger partial charge in [-0.2, -0.15) is 0 Å². The normalized spacial score (nSPS) is 11.6. The molecule has 0 radical (unpaired) electrons. The van der Waals surface area contributed by atoms with E-state index in [0.29, 0.717) is 35.0 Å². The van der Waals surface area contributed by atoms with E-state index in [2.05, 4.69) is 5.32 Å². The van der Waals surface area contributed by atoms with Gasteiger partial charge in [0.1, 0.15) is 5.75 Å². The minimum absolute atomic E-state index is 0.144. The molecule has 1 amide bonds. The van der Waals surface area contributed by atoms with Crippen LogP contribution in [0.15, 0.2) is 48.5 Å². The van der Waals surface area contributed by atoms with Crippen molar-refractivity contribution in [3.63, 3.8) is 0 Å². The van der Waals surface area contributed by atoms with E-state index in [1.54, 1.807) is 25.1 Å².